The van der Waals surface area contributed by atoms with Crippen molar-refractivity contribution in [2.45, 2.75) is 6.54 Å². The number of halogens is 2. The molecule has 1 N–H and O–H groups in total. The van der Waals surface area contributed by atoms with E-state index in [0.29, 0.717) is 22.5 Å². The Morgan fingerprint density at radius 3 is 2.90 bits per heavy atom. The summed E-state index contributed by atoms with van der Waals surface area (Å²) in [5, 5.41) is 2.71. The third-order valence-electron chi connectivity index (χ3n) is 2.74. The second-order valence-corrected chi connectivity index (χ2v) is 5.22. The monoisotopic (exact) mass is 340 g/mol. The maximum atomic E-state index is 13.7. The van der Waals surface area contributed by atoms with Crippen LogP contribution in [-0.2, 0) is 11.3 Å². The highest BCUT2D eigenvalue weighted by atomic mass is 79.9. The van der Waals surface area contributed by atoms with E-state index in [1.165, 1.54) is 6.07 Å². The van der Waals surface area contributed by atoms with Gasteiger partial charge in [-0.3, -0.25) is 4.79 Å². The van der Waals surface area contributed by atoms with E-state index >= 15 is 0 Å². The van der Waals surface area contributed by atoms with E-state index in [2.05, 4.69) is 21.2 Å². The predicted molar refractivity (Wildman–Crippen MR) is 77.9 cm³/mol. The van der Waals surface area contributed by atoms with Crippen molar-refractivity contribution in [2.24, 2.45) is 0 Å². The van der Waals surface area contributed by atoms with E-state index in [9.17, 15) is 9.18 Å². The van der Waals surface area contributed by atoms with Crippen molar-refractivity contribution in [3.05, 3.63) is 52.6 Å². The van der Waals surface area contributed by atoms with Crippen LogP contribution in [0.3, 0.4) is 0 Å². The normalized spacial score (nSPS) is 10.3. The van der Waals surface area contributed by atoms with Crippen LogP contribution in [-0.4, -0.2) is 19.5 Å². The fourth-order valence-electron chi connectivity index (χ4n) is 1.75. The molecule has 0 saturated heterocycles. The van der Waals surface area contributed by atoms with Gasteiger partial charge in [0, 0.05) is 11.5 Å². The molecule has 0 radical (unpaired) electrons. The molecule has 1 heterocycles. The third-order valence-corrected chi connectivity index (χ3v) is 3.23. The summed E-state index contributed by atoms with van der Waals surface area (Å²) in [5.41, 5.74) is 0.376. The summed E-state index contributed by atoms with van der Waals surface area (Å²) in [5.74, 6) is 0.0998. The maximum Gasteiger partial charge on any atom is 0.239 e. The van der Waals surface area contributed by atoms with Crippen LogP contribution in [0, 0.1) is 5.82 Å². The van der Waals surface area contributed by atoms with Crippen molar-refractivity contribution in [3.8, 4) is 0 Å². The number of hydrogen-bond donors (Lipinski definition) is 1. The largest absolute Gasteiger partial charge is 0.467 e. The molecule has 0 saturated carbocycles. The number of nitrogens with zero attached hydrogens (tertiary/aromatic N) is 1. The molecule has 0 aliphatic carbocycles. The van der Waals surface area contributed by atoms with E-state index in [1.807, 2.05) is 0 Å². The Kier molecular flexibility index (Phi) is 4.79. The average molecular weight is 341 g/mol. The molecular weight excluding hydrogens is 327 g/mol. The van der Waals surface area contributed by atoms with Crippen molar-refractivity contribution in [1.82, 2.24) is 5.32 Å². The summed E-state index contributed by atoms with van der Waals surface area (Å²) < 4.78 is 19.5. The topological polar surface area (TPSA) is 45.5 Å². The summed E-state index contributed by atoms with van der Waals surface area (Å²) in [4.78, 5) is 13.3. The molecule has 0 unspecified atom stereocenters. The van der Waals surface area contributed by atoms with Gasteiger partial charge in [-0.15, -0.1) is 0 Å². The highest BCUT2D eigenvalue weighted by Gasteiger charge is 2.11. The van der Waals surface area contributed by atoms with Gasteiger partial charge in [-0.2, -0.15) is 0 Å². The first-order valence-electron chi connectivity index (χ1n) is 6.01. The number of carbonyl (C=O) groups excluding carboxylic acids is 1. The van der Waals surface area contributed by atoms with Crippen LogP contribution in [0.4, 0.5) is 10.1 Å². The molecule has 0 atom stereocenters. The van der Waals surface area contributed by atoms with Crippen LogP contribution in [0.15, 0.2) is 45.5 Å². The van der Waals surface area contributed by atoms with Gasteiger partial charge in [-0.05, 0) is 30.3 Å². The molecule has 0 fully saturated rings. The highest BCUT2D eigenvalue weighted by Crippen LogP contribution is 2.21. The Labute approximate surface area is 124 Å². The number of likely N-dealkylation sites (N-methyl/N-ethyl adjacent to an activating group) is 1. The van der Waals surface area contributed by atoms with Gasteiger partial charge in [0.05, 0.1) is 25.0 Å². The Bertz CT molecular complexity index is 587. The van der Waals surface area contributed by atoms with Crippen LogP contribution in [0.5, 0.6) is 0 Å². The molecule has 4 nitrogen and oxygen atoms in total. The Hall–Kier alpha value is -1.82. The van der Waals surface area contributed by atoms with Gasteiger partial charge in [0.2, 0.25) is 5.91 Å². The first-order chi connectivity index (χ1) is 9.56. The molecule has 1 amide bonds. The molecule has 2 rings (SSSR count). The number of hydrogen-bond acceptors (Lipinski definition) is 3. The number of benzene rings is 1. The zero-order chi connectivity index (χ0) is 14.5. The summed E-state index contributed by atoms with van der Waals surface area (Å²) in [6.07, 6.45) is 1.55. The lowest BCUT2D eigenvalue weighted by atomic mass is 10.3. The SMILES string of the molecule is CN(CC(=O)NCc1ccco1)c1ccc(Br)cc1F. The smallest absolute Gasteiger partial charge is 0.239 e. The van der Waals surface area contributed by atoms with E-state index in [0.717, 1.165) is 0 Å². The van der Waals surface area contributed by atoms with E-state index in [-0.39, 0.29) is 18.3 Å². The molecule has 1 aromatic heterocycles. The number of amides is 1. The molecular formula is C14H14BrFN2O2. The third kappa shape index (κ3) is 3.84. The van der Waals surface area contributed by atoms with E-state index in [4.69, 9.17) is 4.42 Å². The lowest BCUT2D eigenvalue weighted by Crippen LogP contribution is -2.35. The summed E-state index contributed by atoms with van der Waals surface area (Å²) >= 11 is 3.19. The van der Waals surface area contributed by atoms with Crippen molar-refractivity contribution >= 4 is 27.5 Å². The predicted octanol–water partition coefficient (Wildman–Crippen LogP) is 2.93. The van der Waals surface area contributed by atoms with Gasteiger partial charge >= 0.3 is 0 Å². The van der Waals surface area contributed by atoms with Crippen LogP contribution >= 0.6 is 15.9 Å². The van der Waals surface area contributed by atoms with Gasteiger partial charge in [-0.1, -0.05) is 15.9 Å². The average Bonchev–Trinajstić information content (AvgIpc) is 2.89. The standard InChI is InChI=1S/C14H14BrFN2O2/c1-18(13-5-4-10(15)7-12(13)16)9-14(19)17-8-11-3-2-6-20-11/h2-7H,8-9H2,1H3,(H,17,19). The summed E-state index contributed by atoms with van der Waals surface area (Å²) in [6.45, 7) is 0.391. The fourth-order valence-corrected chi connectivity index (χ4v) is 2.08. The Morgan fingerprint density at radius 2 is 2.25 bits per heavy atom. The minimum atomic E-state index is -0.374. The van der Waals surface area contributed by atoms with Crippen LogP contribution in [0.25, 0.3) is 0 Å². The molecule has 6 heteroatoms. The zero-order valence-corrected chi connectivity index (χ0v) is 12.5. The molecule has 20 heavy (non-hydrogen) atoms. The molecule has 0 bridgehead atoms. The Morgan fingerprint density at radius 1 is 1.45 bits per heavy atom. The van der Waals surface area contributed by atoms with Crippen LogP contribution in [0.2, 0.25) is 0 Å². The molecule has 0 aliphatic heterocycles. The molecule has 0 aliphatic rings. The lowest BCUT2D eigenvalue weighted by Gasteiger charge is -2.19. The van der Waals surface area contributed by atoms with Crippen molar-refractivity contribution in [3.63, 3.8) is 0 Å². The van der Waals surface area contributed by atoms with Crippen LogP contribution < -0.4 is 10.2 Å². The molecule has 1 aromatic carbocycles. The fraction of sp³-hybridized carbons (Fsp3) is 0.214. The van der Waals surface area contributed by atoms with Gasteiger partial charge in [0.15, 0.2) is 0 Å². The van der Waals surface area contributed by atoms with Gasteiger partial charge in [0.25, 0.3) is 0 Å². The second-order valence-electron chi connectivity index (χ2n) is 4.31. The van der Waals surface area contributed by atoms with Crippen molar-refractivity contribution in [1.29, 1.82) is 0 Å². The van der Waals surface area contributed by atoms with Gasteiger partial charge in [-0.25, -0.2) is 4.39 Å². The zero-order valence-electron chi connectivity index (χ0n) is 10.9. The number of furan rings is 1. The van der Waals surface area contributed by atoms with E-state index < -0.39 is 0 Å². The second kappa shape index (κ2) is 6.56. The van der Waals surface area contributed by atoms with Gasteiger partial charge in [0.1, 0.15) is 11.6 Å². The Balaban J connectivity index is 1.90. The molecule has 106 valence electrons. The molecule has 0 spiro atoms. The first kappa shape index (κ1) is 14.6. The minimum absolute atomic E-state index is 0.0687. The number of nitrogens with one attached hydrogen (secondary N) is 1. The molecule has 2 aromatic rings. The number of anilines is 1. The van der Waals surface area contributed by atoms with Gasteiger partial charge < -0.3 is 14.6 Å². The summed E-state index contributed by atoms with van der Waals surface area (Å²) in [7, 11) is 1.67. The summed E-state index contributed by atoms with van der Waals surface area (Å²) in [6, 6.07) is 8.25. The maximum absolute atomic E-state index is 13.7. The first-order valence-corrected chi connectivity index (χ1v) is 6.81. The lowest BCUT2D eigenvalue weighted by molar-refractivity contribution is -0.120. The quantitative estimate of drug-likeness (QED) is 0.910. The van der Waals surface area contributed by atoms with E-state index in [1.54, 1.807) is 42.5 Å². The number of carbonyl (C=O) groups is 1. The van der Waals surface area contributed by atoms with Crippen molar-refractivity contribution < 1.29 is 13.6 Å². The number of rotatable bonds is 5. The van der Waals surface area contributed by atoms with Crippen LogP contribution in [0.1, 0.15) is 5.76 Å². The minimum Gasteiger partial charge on any atom is -0.467 e. The van der Waals surface area contributed by atoms with Crippen molar-refractivity contribution in [2.75, 3.05) is 18.5 Å². The highest BCUT2D eigenvalue weighted by molar-refractivity contribution is 9.10.